The SMILES string of the molecule is C=N/C=C\C=C(/C)n1cc(N(CC)C(=O)CC(CCC)SC)c(Cl)n1. The van der Waals surface area contributed by atoms with Crippen LogP contribution in [0.2, 0.25) is 5.15 Å². The van der Waals surface area contributed by atoms with Crippen molar-refractivity contribution >= 4 is 47.4 Å². The molecule has 0 fully saturated rings. The molecule has 0 bridgehead atoms. The number of anilines is 1. The van der Waals surface area contributed by atoms with Crippen LogP contribution in [0.15, 0.2) is 29.5 Å². The van der Waals surface area contributed by atoms with Crippen LogP contribution in [0.3, 0.4) is 0 Å². The Morgan fingerprint density at radius 2 is 2.28 bits per heavy atom. The molecule has 0 radical (unpaired) electrons. The van der Waals surface area contributed by atoms with Crippen LogP contribution >= 0.6 is 23.4 Å². The molecule has 1 heterocycles. The lowest BCUT2D eigenvalue weighted by molar-refractivity contribution is -0.118. The number of amides is 1. The van der Waals surface area contributed by atoms with E-state index in [0.717, 1.165) is 18.5 Å². The number of carbonyl (C=O) groups is 1. The van der Waals surface area contributed by atoms with Gasteiger partial charge >= 0.3 is 0 Å². The molecule has 138 valence electrons. The molecule has 1 unspecified atom stereocenters. The Balaban J connectivity index is 3.00. The van der Waals surface area contributed by atoms with E-state index in [1.165, 1.54) is 0 Å². The number of hydrogen-bond donors (Lipinski definition) is 0. The highest BCUT2D eigenvalue weighted by Gasteiger charge is 2.22. The van der Waals surface area contributed by atoms with E-state index in [-0.39, 0.29) is 5.91 Å². The molecule has 0 aromatic carbocycles. The minimum absolute atomic E-state index is 0.0779. The number of thioether (sulfide) groups is 1. The Hall–Kier alpha value is -1.53. The smallest absolute Gasteiger partial charge is 0.228 e. The first-order valence-electron chi connectivity index (χ1n) is 8.36. The molecule has 1 atom stereocenters. The van der Waals surface area contributed by atoms with Crippen molar-refractivity contribution in [3.05, 3.63) is 29.7 Å². The Labute approximate surface area is 159 Å². The minimum atomic E-state index is 0.0779. The van der Waals surface area contributed by atoms with E-state index < -0.39 is 0 Å². The minimum Gasteiger partial charge on any atom is -0.308 e. The second-order valence-corrected chi connectivity index (χ2v) is 7.07. The van der Waals surface area contributed by atoms with Gasteiger partial charge in [0.25, 0.3) is 0 Å². The van der Waals surface area contributed by atoms with Crippen molar-refractivity contribution in [3.8, 4) is 0 Å². The Morgan fingerprint density at radius 3 is 2.84 bits per heavy atom. The van der Waals surface area contributed by atoms with Gasteiger partial charge in [-0.25, -0.2) is 4.68 Å². The summed E-state index contributed by atoms with van der Waals surface area (Å²) in [6.07, 6.45) is 11.7. The van der Waals surface area contributed by atoms with Gasteiger partial charge in [-0.1, -0.05) is 24.9 Å². The molecule has 0 saturated carbocycles. The molecule has 0 spiro atoms. The second kappa shape index (κ2) is 11.2. The maximum atomic E-state index is 12.7. The standard InChI is InChI=1S/C18H27ClN4OS/c1-6-9-15(25-5)12-17(24)22(7-2)16-13-23(21-18(16)19)14(3)10-8-11-20-4/h8,10-11,13,15H,4,6-7,9,12H2,1-3,5H3/b11-8-,14-10+. The van der Waals surface area contributed by atoms with Crippen molar-refractivity contribution in [1.82, 2.24) is 9.78 Å². The van der Waals surface area contributed by atoms with Crippen LogP contribution in [0, 0.1) is 0 Å². The highest BCUT2D eigenvalue weighted by molar-refractivity contribution is 7.99. The first kappa shape index (κ1) is 21.5. The van der Waals surface area contributed by atoms with Crippen molar-refractivity contribution < 1.29 is 4.79 Å². The molecule has 0 saturated heterocycles. The molecule has 1 aromatic rings. The molecule has 5 nitrogen and oxygen atoms in total. The normalized spacial score (nSPS) is 13.2. The zero-order valence-electron chi connectivity index (χ0n) is 15.4. The number of allylic oxidation sites excluding steroid dienone is 3. The van der Waals surface area contributed by atoms with Gasteiger partial charge in [-0.3, -0.25) is 9.79 Å². The number of rotatable bonds is 10. The van der Waals surface area contributed by atoms with Crippen LogP contribution in [0.5, 0.6) is 0 Å². The van der Waals surface area contributed by atoms with Gasteiger partial charge in [0.15, 0.2) is 5.15 Å². The number of aliphatic imine (C=N–C) groups is 1. The van der Waals surface area contributed by atoms with Crippen LogP contribution in [0.1, 0.15) is 40.0 Å². The quantitative estimate of drug-likeness (QED) is 0.427. The predicted octanol–water partition coefficient (Wildman–Crippen LogP) is 4.89. The fraction of sp³-hybridized carbons (Fsp3) is 0.500. The van der Waals surface area contributed by atoms with Gasteiger partial charge in [0.1, 0.15) is 5.69 Å². The Morgan fingerprint density at radius 1 is 1.56 bits per heavy atom. The molecule has 25 heavy (non-hydrogen) atoms. The van der Waals surface area contributed by atoms with Crippen molar-refractivity contribution in [1.29, 1.82) is 0 Å². The molecule has 0 aliphatic carbocycles. The van der Waals surface area contributed by atoms with E-state index in [1.54, 1.807) is 39.8 Å². The lowest BCUT2D eigenvalue weighted by Crippen LogP contribution is -2.32. The highest BCUT2D eigenvalue weighted by atomic mass is 35.5. The first-order chi connectivity index (χ1) is 12.0. The van der Waals surface area contributed by atoms with Crippen molar-refractivity contribution in [3.63, 3.8) is 0 Å². The number of carbonyl (C=O) groups excluding carboxylic acids is 1. The maximum absolute atomic E-state index is 12.7. The van der Waals surface area contributed by atoms with E-state index in [9.17, 15) is 4.79 Å². The summed E-state index contributed by atoms with van der Waals surface area (Å²) < 4.78 is 1.67. The van der Waals surface area contributed by atoms with E-state index in [1.807, 2.05) is 19.9 Å². The number of aromatic nitrogens is 2. The third kappa shape index (κ3) is 6.36. The number of halogens is 1. The van der Waals surface area contributed by atoms with E-state index in [4.69, 9.17) is 11.6 Å². The van der Waals surface area contributed by atoms with Crippen molar-refractivity contribution in [2.24, 2.45) is 4.99 Å². The highest BCUT2D eigenvalue weighted by Crippen LogP contribution is 2.28. The lowest BCUT2D eigenvalue weighted by atomic mass is 10.2. The molecule has 1 rings (SSSR count). The summed E-state index contributed by atoms with van der Waals surface area (Å²) in [5.74, 6) is 0.0779. The predicted molar refractivity (Wildman–Crippen MR) is 111 cm³/mol. The van der Waals surface area contributed by atoms with Crippen LogP contribution in [-0.4, -0.2) is 40.5 Å². The molecular formula is C18H27ClN4OS. The second-order valence-electron chi connectivity index (χ2n) is 5.57. The Bertz CT molecular complexity index is 639. The fourth-order valence-electron chi connectivity index (χ4n) is 2.44. The summed E-state index contributed by atoms with van der Waals surface area (Å²) >= 11 is 8.03. The average Bonchev–Trinajstić information content (AvgIpc) is 2.97. The van der Waals surface area contributed by atoms with E-state index in [0.29, 0.717) is 29.1 Å². The zero-order chi connectivity index (χ0) is 18.8. The van der Waals surface area contributed by atoms with Gasteiger partial charge in [0.05, 0.1) is 6.20 Å². The lowest BCUT2D eigenvalue weighted by Gasteiger charge is -2.22. The number of nitrogens with zero attached hydrogens (tertiary/aromatic N) is 4. The van der Waals surface area contributed by atoms with Crippen LogP contribution in [-0.2, 0) is 4.79 Å². The van der Waals surface area contributed by atoms with E-state index in [2.05, 4.69) is 30.0 Å². The molecular weight excluding hydrogens is 356 g/mol. The summed E-state index contributed by atoms with van der Waals surface area (Å²) in [7, 11) is 0. The third-order valence-electron chi connectivity index (χ3n) is 3.80. The fourth-order valence-corrected chi connectivity index (χ4v) is 3.45. The summed E-state index contributed by atoms with van der Waals surface area (Å²) in [4.78, 5) is 18.1. The van der Waals surface area contributed by atoms with Gasteiger partial charge in [0, 0.05) is 30.1 Å². The summed E-state index contributed by atoms with van der Waals surface area (Å²) in [5, 5.41) is 4.97. The molecule has 1 amide bonds. The summed E-state index contributed by atoms with van der Waals surface area (Å²) in [6.45, 7) is 9.93. The van der Waals surface area contributed by atoms with Gasteiger partial charge in [0.2, 0.25) is 5.91 Å². The first-order valence-corrected chi connectivity index (χ1v) is 10.0. The zero-order valence-corrected chi connectivity index (χ0v) is 17.0. The van der Waals surface area contributed by atoms with Crippen molar-refractivity contribution in [2.45, 2.75) is 45.3 Å². The number of hydrogen-bond acceptors (Lipinski definition) is 4. The van der Waals surface area contributed by atoms with Gasteiger partial charge in [-0.2, -0.15) is 16.9 Å². The molecule has 1 aromatic heterocycles. The Kier molecular flexibility index (Phi) is 9.60. The topological polar surface area (TPSA) is 50.5 Å². The average molecular weight is 383 g/mol. The van der Waals surface area contributed by atoms with Crippen LogP contribution in [0.25, 0.3) is 5.70 Å². The molecule has 7 heteroatoms. The molecule has 0 aliphatic heterocycles. The van der Waals surface area contributed by atoms with Crippen molar-refractivity contribution in [2.75, 3.05) is 17.7 Å². The van der Waals surface area contributed by atoms with Gasteiger partial charge in [-0.15, -0.1) is 0 Å². The van der Waals surface area contributed by atoms with E-state index >= 15 is 0 Å². The monoisotopic (exact) mass is 382 g/mol. The molecule has 0 aliphatic rings. The summed E-state index contributed by atoms with van der Waals surface area (Å²) in [6, 6.07) is 0. The van der Waals surface area contributed by atoms with Gasteiger partial charge < -0.3 is 4.90 Å². The molecule has 0 N–H and O–H groups in total. The third-order valence-corrected chi connectivity index (χ3v) is 5.13. The van der Waals surface area contributed by atoms with Crippen LogP contribution < -0.4 is 4.90 Å². The van der Waals surface area contributed by atoms with Gasteiger partial charge in [-0.05, 0) is 45.4 Å². The van der Waals surface area contributed by atoms with Crippen LogP contribution in [0.4, 0.5) is 5.69 Å². The maximum Gasteiger partial charge on any atom is 0.228 e. The largest absolute Gasteiger partial charge is 0.308 e. The summed E-state index contributed by atoms with van der Waals surface area (Å²) in [5.41, 5.74) is 1.51.